The van der Waals surface area contributed by atoms with Crippen molar-refractivity contribution in [2.45, 2.75) is 19.4 Å². The van der Waals surface area contributed by atoms with Crippen LogP contribution < -0.4 is 10.6 Å². The zero-order valence-corrected chi connectivity index (χ0v) is 9.22. The molecule has 4 heteroatoms. The highest BCUT2D eigenvalue weighted by Crippen LogP contribution is 2.09. The van der Waals surface area contributed by atoms with Crippen LogP contribution in [0, 0.1) is 12.7 Å². The van der Waals surface area contributed by atoms with Gasteiger partial charge in [-0.2, -0.15) is 0 Å². The minimum Gasteiger partial charge on any atom is -0.348 e. The van der Waals surface area contributed by atoms with Gasteiger partial charge in [0, 0.05) is 18.2 Å². The van der Waals surface area contributed by atoms with Gasteiger partial charge in [0.25, 0.3) is 5.91 Å². The molecule has 0 radical (unpaired) electrons. The first-order chi connectivity index (χ1) is 7.65. The molecule has 86 valence electrons. The van der Waals surface area contributed by atoms with Crippen molar-refractivity contribution in [2.75, 3.05) is 13.1 Å². The number of aryl methyl sites for hydroxylation is 1. The van der Waals surface area contributed by atoms with Gasteiger partial charge in [-0.3, -0.25) is 4.79 Å². The first-order valence-electron chi connectivity index (χ1n) is 5.44. The van der Waals surface area contributed by atoms with Gasteiger partial charge in [-0.15, -0.1) is 0 Å². The van der Waals surface area contributed by atoms with Gasteiger partial charge in [0.2, 0.25) is 0 Å². The molecule has 1 aliphatic heterocycles. The van der Waals surface area contributed by atoms with Crippen molar-refractivity contribution in [2.24, 2.45) is 0 Å². The van der Waals surface area contributed by atoms with E-state index in [-0.39, 0.29) is 17.8 Å². The highest BCUT2D eigenvalue weighted by molar-refractivity contribution is 5.94. The van der Waals surface area contributed by atoms with E-state index in [0.717, 1.165) is 25.1 Å². The molecule has 1 aromatic carbocycles. The summed E-state index contributed by atoms with van der Waals surface area (Å²) in [6.45, 7) is 3.49. The minimum atomic E-state index is -0.366. The molecule has 3 nitrogen and oxygen atoms in total. The lowest BCUT2D eigenvalue weighted by Crippen LogP contribution is -2.36. The van der Waals surface area contributed by atoms with Gasteiger partial charge in [-0.05, 0) is 43.7 Å². The summed E-state index contributed by atoms with van der Waals surface area (Å²) in [5.74, 6) is -0.564. The molecule has 1 heterocycles. The maximum atomic E-state index is 13.1. The van der Waals surface area contributed by atoms with Gasteiger partial charge in [0.1, 0.15) is 5.82 Å². The van der Waals surface area contributed by atoms with Crippen molar-refractivity contribution in [1.29, 1.82) is 0 Å². The monoisotopic (exact) mass is 222 g/mol. The third-order valence-electron chi connectivity index (χ3n) is 2.70. The fourth-order valence-corrected chi connectivity index (χ4v) is 1.91. The normalized spacial score (nSPS) is 19.8. The molecule has 0 spiro atoms. The molecular formula is C12H15FN2O. The maximum Gasteiger partial charge on any atom is 0.251 e. The van der Waals surface area contributed by atoms with E-state index < -0.39 is 0 Å². The van der Waals surface area contributed by atoms with E-state index in [1.165, 1.54) is 12.1 Å². The van der Waals surface area contributed by atoms with Crippen LogP contribution in [-0.2, 0) is 0 Å². The summed E-state index contributed by atoms with van der Waals surface area (Å²) in [5.41, 5.74) is 1.15. The van der Waals surface area contributed by atoms with Crippen LogP contribution in [-0.4, -0.2) is 25.0 Å². The van der Waals surface area contributed by atoms with Crippen LogP contribution in [0.3, 0.4) is 0 Å². The molecule has 2 N–H and O–H groups in total. The molecule has 0 saturated carbocycles. The summed E-state index contributed by atoms with van der Waals surface area (Å²) in [6, 6.07) is 4.54. The Hall–Kier alpha value is -1.42. The SMILES string of the molecule is Cc1cc(F)cc(C(=O)NC2CCNC2)c1. The van der Waals surface area contributed by atoms with Gasteiger partial charge < -0.3 is 10.6 Å². The number of hydrogen-bond donors (Lipinski definition) is 2. The highest BCUT2D eigenvalue weighted by atomic mass is 19.1. The van der Waals surface area contributed by atoms with E-state index in [9.17, 15) is 9.18 Å². The van der Waals surface area contributed by atoms with Gasteiger partial charge in [-0.25, -0.2) is 4.39 Å². The molecule has 1 saturated heterocycles. The van der Waals surface area contributed by atoms with E-state index in [1.807, 2.05) is 0 Å². The first kappa shape index (κ1) is 11.1. The van der Waals surface area contributed by atoms with Crippen LogP contribution in [0.25, 0.3) is 0 Å². The van der Waals surface area contributed by atoms with Crippen molar-refractivity contribution in [1.82, 2.24) is 10.6 Å². The van der Waals surface area contributed by atoms with Crippen LogP contribution in [0.15, 0.2) is 18.2 Å². The number of rotatable bonds is 2. The predicted octanol–water partition coefficient (Wildman–Crippen LogP) is 1.23. The summed E-state index contributed by atoms with van der Waals surface area (Å²) in [5, 5.41) is 6.04. The quantitative estimate of drug-likeness (QED) is 0.790. The van der Waals surface area contributed by atoms with E-state index >= 15 is 0 Å². The number of hydrogen-bond acceptors (Lipinski definition) is 2. The van der Waals surface area contributed by atoms with E-state index in [1.54, 1.807) is 13.0 Å². The molecule has 2 rings (SSSR count). The lowest BCUT2D eigenvalue weighted by Gasteiger charge is -2.11. The molecule has 1 amide bonds. The molecule has 0 aromatic heterocycles. The van der Waals surface area contributed by atoms with Crippen LogP contribution in [0.4, 0.5) is 4.39 Å². The Morgan fingerprint density at radius 1 is 1.50 bits per heavy atom. The Morgan fingerprint density at radius 3 is 2.94 bits per heavy atom. The Balaban J connectivity index is 2.07. The average molecular weight is 222 g/mol. The van der Waals surface area contributed by atoms with E-state index in [0.29, 0.717) is 5.56 Å². The van der Waals surface area contributed by atoms with Gasteiger partial charge in [0.05, 0.1) is 0 Å². The summed E-state index contributed by atoms with van der Waals surface area (Å²) in [6.07, 6.45) is 0.931. The van der Waals surface area contributed by atoms with Crippen molar-refractivity contribution in [3.63, 3.8) is 0 Å². The third-order valence-corrected chi connectivity index (χ3v) is 2.70. The molecule has 0 bridgehead atoms. The molecule has 1 atom stereocenters. The van der Waals surface area contributed by atoms with Crippen molar-refractivity contribution >= 4 is 5.91 Å². The number of carbonyl (C=O) groups excluding carboxylic acids is 1. The molecular weight excluding hydrogens is 207 g/mol. The van der Waals surface area contributed by atoms with Crippen LogP contribution in [0.1, 0.15) is 22.3 Å². The maximum absolute atomic E-state index is 13.1. The second kappa shape index (κ2) is 4.61. The summed E-state index contributed by atoms with van der Waals surface area (Å²) < 4.78 is 13.1. The van der Waals surface area contributed by atoms with Crippen molar-refractivity contribution < 1.29 is 9.18 Å². The van der Waals surface area contributed by atoms with Gasteiger partial charge >= 0.3 is 0 Å². The molecule has 16 heavy (non-hydrogen) atoms. The molecule has 1 unspecified atom stereocenters. The third kappa shape index (κ3) is 2.58. The second-order valence-corrected chi connectivity index (χ2v) is 4.18. The Kier molecular flexibility index (Phi) is 3.19. The van der Waals surface area contributed by atoms with Crippen molar-refractivity contribution in [3.05, 3.63) is 35.1 Å². The lowest BCUT2D eigenvalue weighted by atomic mass is 10.1. The fraction of sp³-hybridized carbons (Fsp3) is 0.417. The number of carbonyl (C=O) groups is 1. The fourth-order valence-electron chi connectivity index (χ4n) is 1.91. The second-order valence-electron chi connectivity index (χ2n) is 4.18. The van der Waals surface area contributed by atoms with Gasteiger partial charge in [-0.1, -0.05) is 0 Å². The van der Waals surface area contributed by atoms with E-state index in [4.69, 9.17) is 0 Å². The predicted molar refractivity (Wildman–Crippen MR) is 59.9 cm³/mol. The van der Waals surface area contributed by atoms with Gasteiger partial charge in [0.15, 0.2) is 0 Å². The molecule has 1 fully saturated rings. The zero-order valence-electron chi connectivity index (χ0n) is 9.22. The first-order valence-corrected chi connectivity index (χ1v) is 5.44. The highest BCUT2D eigenvalue weighted by Gasteiger charge is 2.17. The smallest absolute Gasteiger partial charge is 0.251 e. The zero-order chi connectivity index (χ0) is 11.5. The number of amides is 1. The largest absolute Gasteiger partial charge is 0.348 e. The Bertz CT molecular complexity index is 380. The van der Waals surface area contributed by atoms with Crippen LogP contribution in [0.5, 0.6) is 0 Å². The standard InChI is InChI=1S/C12H15FN2O/c1-8-4-9(6-10(13)5-8)12(16)15-11-2-3-14-7-11/h4-6,11,14H,2-3,7H2,1H3,(H,15,16). The average Bonchev–Trinajstić information content (AvgIpc) is 2.68. The van der Waals surface area contributed by atoms with Crippen LogP contribution in [0.2, 0.25) is 0 Å². The molecule has 1 aromatic rings. The number of benzene rings is 1. The van der Waals surface area contributed by atoms with Crippen molar-refractivity contribution in [3.8, 4) is 0 Å². The minimum absolute atomic E-state index is 0.163. The van der Waals surface area contributed by atoms with E-state index in [2.05, 4.69) is 10.6 Å². The summed E-state index contributed by atoms with van der Waals surface area (Å²) in [7, 11) is 0. The Morgan fingerprint density at radius 2 is 2.31 bits per heavy atom. The summed E-state index contributed by atoms with van der Waals surface area (Å²) >= 11 is 0. The number of nitrogens with one attached hydrogen (secondary N) is 2. The number of halogens is 1. The van der Waals surface area contributed by atoms with Crippen LogP contribution >= 0.6 is 0 Å². The molecule has 0 aliphatic carbocycles. The molecule has 1 aliphatic rings. The lowest BCUT2D eigenvalue weighted by molar-refractivity contribution is 0.0939. The summed E-state index contributed by atoms with van der Waals surface area (Å²) in [4.78, 5) is 11.8. The Labute approximate surface area is 94.0 Å². The topological polar surface area (TPSA) is 41.1 Å².